The Balaban J connectivity index is 1.59. The van der Waals surface area contributed by atoms with E-state index in [0.717, 1.165) is 22.7 Å². The zero-order chi connectivity index (χ0) is 19.5. The average molecular weight is 376 g/mol. The van der Waals surface area contributed by atoms with Crippen molar-refractivity contribution in [3.05, 3.63) is 71.9 Å². The molecule has 28 heavy (non-hydrogen) atoms. The number of aromatic nitrogens is 3. The van der Waals surface area contributed by atoms with Crippen LogP contribution in [0, 0.1) is 6.92 Å². The van der Waals surface area contributed by atoms with Gasteiger partial charge in [0.05, 0.1) is 25.1 Å². The fraction of sp³-hybridized carbons (Fsp3) is 0.190. The molecule has 4 aromatic rings. The Morgan fingerprint density at radius 2 is 2.04 bits per heavy atom. The van der Waals surface area contributed by atoms with Gasteiger partial charge in [-0.2, -0.15) is 5.10 Å². The molecule has 3 heterocycles. The van der Waals surface area contributed by atoms with Gasteiger partial charge in [-0.05, 0) is 56.3 Å². The standard InChI is InChI=1S/C21H20N4O3/c1-3-27-16-8-6-15(7-9-16)18-11-14(2)25-20(23-18)12-19(24-25)21(26)22-13-17-5-4-10-28-17/h4-12H,3,13H2,1-2H3,(H,22,26). The van der Waals surface area contributed by atoms with E-state index in [1.807, 2.05) is 44.2 Å². The maximum atomic E-state index is 12.4. The van der Waals surface area contributed by atoms with Crippen LogP contribution in [0.25, 0.3) is 16.9 Å². The van der Waals surface area contributed by atoms with E-state index in [2.05, 4.69) is 15.4 Å². The van der Waals surface area contributed by atoms with Crippen molar-refractivity contribution in [3.63, 3.8) is 0 Å². The molecule has 7 heteroatoms. The number of aryl methyl sites for hydroxylation is 1. The first kappa shape index (κ1) is 17.8. The SMILES string of the molecule is CCOc1ccc(-c2cc(C)n3nc(C(=O)NCc4ccco4)cc3n2)cc1. The zero-order valence-electron chi connectivity index (χ0n) is 15.7. The third-order valence-electron chi connectivity index (χ3n) is 4.30. The smallest absolute Gasteiger partial charge is 0.272 e. The Morgan fingerprint density at radius 3 is 2.75 bits per heavy atom. The van der Waals surface area contributed by atoms with Crippen LogP contribution in [-0.2, 0) is 6.54 Å². The minimum Gasteiger partial charge on any atom is -0.494 e. The van der Waals surface area contributed by atoms with Gasteiger partial charge in [0.1, 0.15) is 11.5 Å². The molecule has 0 radical (unpaired) electrons. The van der Waals surface area contributed by atoms with Gasteiger partial charge < -0.3 is 14.5 Å². The lowest BCUT2D eigenvalue weighted by atomic mass is 10.1. The van der Waals surface area contributed by atoms with Crippen molar-refractivity contribution in [2.75, 3.05) is 6.61 Å². The van der Waals surface area contributed by atoms with Crippen molar-refractivity contribution < 1.29 is 13.9 Å². The Hall–Kier alpha value is -3.61. The number of carbonyl (C=O) groups is 1. The molecule has 0 aliphatic rings. The number of furan rings is 1. The number of hydrogen-bond acceptors (Lipinski definition) is 5. The largest absolute Gasteiger partial charge is 0.494 e. The van der Waals surface area contributed by atoms with Gasteiger partial charge in [-0.25, -0.2) is 9.50 Å². The normalized spacial score (nSPS) is 10.9. The van der Waals surface area contributed by atoms with E-state index in [0.29, 0.717) is 30.3 Å². The molecule has 0 aliphatic carbocycles. The fourth-order valence-corrected chi connectivity index (χ4v) is 2.94. The topological polar surface area (TPSA) is 81.7 Å². The molecule has 1 amide bonds. The Kier molecular flexibility index (Phi) is 4.80. The van der Waals surface area contributed by atoms with Crippen molar-refractivity contribution in [1.29, 1.82) is 0 Å². The van der Waals surface area contributed by atoms with Crippen LogP contribution in [-0.4, -0.2) is 27.1 Å². The number of rotatable bonds is 6. The molecule has 0 bridgehead atoms. The Morgan fingerprint density at radius 1 is 1.21 bits per heavy atom. The summed E-state index contributed by atoms with van der Waals surface area (Å²) < 4.78 is 12.4. The van der Waals surface area contributed by atoms with Crippen LogP contribution in [0.4, 0.5) is 0 Å². The van der Waals surface area contributed by atoms with Gasteiger partial charge in [-0.1, -0.05) is 0 Å². The highest BCUT2D eigenvalue weighted by Gasteiger charge is 2.14. The summed E-state index contributed by atoms with van der Waals surface area (Å²) in [6.07, 6.45) is 1.57. The number of ether oxygens (including phenoxy) is 1. The van der Waals surface area contributed by atoms with Crippen molar-refractivity contribution in [2.45, 2.75) is 20.4 Å². The quantitative estimate of drug-likeness (QED) is 0.556. The lowest BCUT2D eigenvalue weighted by molar-refractivity contribution is 0.0942. The summed E-state index contributed by atoms with van der Waals surface area (Å²) in [7, 11) is 0. The molecule has 0 saturated heterocycles. The fourth-order valence-electron chi connectivity index (χ4n) is 2.94. The summed E-state index contributed by atoms with van der Waals surface area (Å²) in [5, 5.41) is 7.17. The minimum atomic E-state index is -0.274. The summed E-state index contributed by atoms with van der Waals surface area (Å²) in [6.45, 7) is 4.83. The van der Waals surface area contributed by atoms with Crippen LogP contribution in [0.1, 0.15) is 28.9 Å². The minimum absolute atomic E-state index is 0.274. The predicted molar refractivity (Wildman–Crippen MR) is 104 cm³/mol. The third kappa shape index (κ3) is 3.59. The van der Waals surface area contributed by atoms with E-state index >= 15 is 0 Å². The number of carbonyl (C=O) groups excluding carboxylic acids is 1. The summed E-state index contributed by atoms with van der Waals surface area (Å²) in [6, 6.07) is 15.0. The Labute approximate surface area is 162 Å². The monoisotopic (exact) mass is 376 g/mol. The van der Waals surface area contributed by atoms with E-state index in [-0.39, 0.29) is 5.91 Å². The van der Waals surface area contributed by atoms with Crippen LogP contribution < -0.4 is 10.1 Å². The highest BCUT2D eigenvalue weighted by Crippen LogP contribution is 2.23. The molecule has 0 fully saturated rings. The zero-order valence-corrected chi connectivity index (χ0v) is 15.7. The lowest BCUT2D eigenvalue weighted by Gasteiger charge is -2.06. The molecule has 3 aromatic heterocycles. The van der Waals surface area contributed by atoms with Gasteiger partial charge in [0, 0.05) is 17.3 Å². The number of benzene rings is 1. The second-order valence-corrected chi connectivity index (χ2v) is 6.30. The summed E-state index contributed by atoms with van der Waals surface area (Å²) >= 11 is 0. The first-order chi connectivity index (χ1) is 13.6. The van der Waals surface area contributed by atoms with Crippen LogP contribution >= 0.6 is 0 Å². The molecule has 0 atom stereocenters. The van der Waals surface area contributed by atoms with Crippen LogP contribution in [0.5, 0.6) is 5.75 Å². The Bertz CT molecular complexity index is 1100. The van der Waals surface area contributed by atoms with E-state index in [1.165, 1.54) is 0 Å². The molecule has 0 aliphatic heterocycles. The second kappa shape index (κ2) is 7.56. The van der Waals surface area contributed by atoms with Gasteiger partial charge >= 0.3 is 0 Å². The molecule has 0 spiro atoms. The maximum absolute atomic E-state index is 12.4. The highest BCUT2D eigenvalue weighted by atomic mass is 16.5. The number of nitrogens with zero attached hydrogens (tertiary/aromatic N) is 3. The molecule has 0 saturated carbocycles. The van der Waals surface area contributed by atoms with Crippen LogP contribution in [0.3, 0.4) is 0 Å². The lowest BCUT2D eigenvalue weighted by Crippen LogP contribution is -2.23. The molecule has 0 unspecified atom stereocenters. The predicted octanol–water partition coefficient (Wildman–Crippen LogP) is 3.63. The van der Waals surface area contributed by atoms with Crippen molar-refractivity contribution in [2.24, 2.45) is 0 Å². The van der Waals surface area contributed by atoms with Crippen molar-refractivity contribution in [3.8, 4) is 17.0 Å². The molecular formula is C21H20N4O3. The van der Waals surface area contributed by atoms with E-state index in [4.69, 9.17) is 9.15 Å². The number of fused-ring (bicyclic) bond motifs is 1. The third-order valence-corrected chi connectivity index (χ3v) is 4.30. The second-order valence-electron chi connectivity index (χ2n) is 6.30. The van der Waals surface area contributed by atoms with Crippen molar-refractivity contribution in [1.82, 2.24) is 19.9 Å². The van der Waals surface area contributed by atoms with Crippen LogP contribution in [0.15, 0.2) is 59.2 Å². The summed E-state index contributed by atoms with van der Waals surface area (Å²) in [5.41, 5.74) is 3.60. The van der Waals surface area contributed by atoms with E-state index in [1.54, 1.807) is 29.0 Å². The van der Waals surface area contributed by atoms with Gasteiger partial charge in [0.25, 0.3) is 5.91 Å². The maximum Gasteiger partial charge on any atom is 0.272 e. The van der Waals surface area contributed by atoms with E-state index in [9.17, 15) is 4.79 Å². The summed E-state index contributed by atoms with van der Waals surface area (Å²) in [5.74, 6) is 1.23. The molecule has 142 valence electrons. The molecule has 1 N–H and O–H groups in total. The molecule has 4 rings (SSSR count). The van der Waals surface area contributed by atoms with Gasteiger partial charge in [-0.3, -0.25) is 4.79 Å². The highest BCUT2D eigenvalue weighted by molar-refractivity contribution is 5.93. The van der Waals surface area contributed by atoms with Gasteiger partial charge in [-0.15, -0.1) is 0 Å². The first-order valence-electron chi connectivity index (χ1n) is 9.05. The van der Waals surface area contributed by atoms with Crippen LogP contribution in [0.2, 0.25) is 0 Å². The van der Waals surface area contributed by atoms with Gasteiger partial charge in [0.15, 0.2) is 11.3 Å². The number of amides is 1. The first-order valence-corrected chi connectivity index (χ1v) is 9.05. The number of nitrogens with one attached hydrogen (secondary N) is 1. The van der Waals surface area contributed by atoms with Crippen molar-refractivity contribution >= 4 is 11.6 Å². The summed E-state index contributed by atoms with van der Waals surface area (Å²) in [4.78, 5) is 17.1. The molecule has 7 nitrogen and oxygen atoms in total. The number of hydrogen-bond donors (Lipinski definition) is 1. The van der Waals surface area contributed by atoms with E-state index < -0.39 is 0 Å². The molecule has 1 aromatic carbocycles. The average Bonchev–Trinajstić information content (AvgIpc) is 3.37. The van der Waals surface area contributed by atoms with Gasteiger partial charge in [0.2, 0.25) is 0 Å². The molecular weight excluding hydrogens is 356 g/mol.